The molecule has 0 unspecified atom stereocenters. The first-order valence-corrected chi connectivity index (χ1v) is 9.43. The zero-order chi connectivity index (χ0) is 17.2. The number of halogens is 1. The fourth-order valence-corrected chi connectivity index (χ4v) is 3.69. The lowest BCUT2D eigenvalue weighted by Crippen LogP contribution is -2.27. The van der Waals surface area contributed by atoms with Crippen molar-refractivity contribution >= 4 is 28.5 Å². The van der Waals surface area contributed by atoms with Gasteiger partial charge in [0.1, 0.15) is 11.5 Å². The van der Waals surface area contributed by atoms with Gasteiger partial charge < -0.3 is 14.5 Å². The summed E-state index contributed by atoms with van der Waals surface area (Å²) in [6, 6.07) is 11.8. The molecule has 0 spiro atoms. The second kappa shape index (κ2) is 6.99. The summed E-state index contributed by atoms with van der Waals surface area (Å²) >= 11 is 2.27. The molecule has 1 aliphatic heterocycles. The predicted octanol–water partition coefficient (Wildman–Crippen LogP) is 2.94. The van der Waals surface area contributed by atoms with Crippen molar-refractivity contribution in [1.29, 1.82) is 0 Å². The van der Waals surface area contributed by atoms with Gasteiger partial charge in [0.2, 0.25) is 0 Å². The molecule has 0 radical (unpaired) electrons. The predicted molar refractivity (Wildman–Crippen MR) is 103 cm³/mol. The van der Waals surface area contributed by atoms with Gasteiger partial charge >= 0.3 is 0 Å². The average Bonchev–Trinajstić information content (AvgIpc) is 3.27. The highest BCUT2D eigenvalue weighted by atomic mass is 127. The Labute approximate surface area is 159 Å². The third-order valence-electron chi connectivity index (χ3n) is 4.41. The largest absolute Gasteiger partial charge is 0.343 e. The van der Waals surface area contributed by atoms with Crippen LogP contribution in [0.15, 0.2) is 42.6 Å². The molecule has 0 saturated carbocycles. The molecule has 3 aromatic rings. The first kappa shape index (κ1) is 16.3. The van der Waals surface area contributed by atoms with E-state index in [1.54, 1.807) is 0 Å². The Hall–Kier alpha value is -2.16. The molecule has 2 aromatic heterocycles. The van der Waals surface area contributed by atoms with Gasteiger partial charge in [0, 0.05) is 28.4 Å². The number of aryl methyl sites for hydroxylation is 1. The van der Waals surface area contributed by atoms with E-state index in [9.17, 15) is 4.79 Å². The molecule has 0 aliphatic carbocycles. The topological polar surface area (TPSA) is 64.7 Å². The van der Waals surface area contributed by atoms with Crippen LogP contribution in [-0.2, 0) is 19.5 Å². The fraction of sp³-hybridized carbons (Fsp3) is 0.278. The second-order valence-electron chi connectivity index (χ2n) is 6.07. The lowest BCUT2D eigenvalue weighted by molar-refractivity contribution is 0.0942. The Morgan fingerprint density at radius 3 is 3.00 bits per heavy atom. The molecule has 1 amide bonds. The van der Waals surface area contributed by atoms with Gasteiger partial charge in [-0.05, 0) is 65.8 Å². The lowest BCUT2D eigenvalue weighted by atomic mass is 10.2. The van der Waals surface area contributed by atoms with E-state index in [0.29, 0.717) is 12.2 Å². The first-order chi connectivity index (χ1) is 12.2. The van der Waals surface area contributed by atoms with Gasteiger partial charge in [-0.15, -0.1) is 10.2 Å². The monoisotopic (exact) mass is 447 g/mol. The number of nitrogens with zero attached hydrogens (tertiary/aromatic N) is 4. The molecule has 0 fully saturated rings. The fourth-order valence-electron chi connectivity index (χ4n) is 3.17. The van der Waals surface area contributed by atoms with Crippen LogP contribution in [0.4, 0.5) is 0 Å². The standard InChI is InChI=1S/C18H18IN5O/c19-13-5-3-6-14(11-13)23-10-4-7-15(23)18(25)20-12-17-22-21-16-8-1-2-9-24(16)17/h3-7,10-11H,1-2,8-9,12H2,(H,20,25). The molecule has 1 N–H and O–H groups in total. The Balaban J connectivity index is 1.51. The molecule has 6 nitrogen and oxygen atoms in total. The van der Waals surface area contributed by atoms with Gasteiger partial charge in [-0.25, -0.2) is 0 Å². The summed E-state index contributed by atoms with van der Waals surface area (Å²) < 4.78 is 5.16. The van der Waals surface area contributed by atoms with Crippen molar-refractivity contribution in [3.8, 4) is 5.69 Å². The van der Waals surface area contributed by atoms with Crippen molar-refractivity contribution in [1.82, 2.24) is 24.6 Å². The van der Waals surface area contributed by atoms with Crippen LogP contribution in [0.2, 0.25) is 0 Å². The minimum absolute atomic E-state index is 0.114. The molecule has 25 heavy (non-hydrogen) atoms. The normalized spacial score (nSPS) is 13.5. The number of benzene rings is 1. The van der Waals surface area contributed by atoms with Gasteiger partial charge in [-0.3, -0.25) is 4.79 Å². The number of carbonyl (C=O) groups excluding carboxylic acids is 1. The van der Waals surface area contributed by atoms with Crippen LogP contribution in [0.1, 0.15) is 35.0 Å². The van der Waals surface area contributed by atoms with E-state index in [0.717, 1.165) is 46.7 Å². The van der Waals surface area contributed by atoms with Crippen LogP contribution in [0.3, 0.4) is 0 Å². The van der Waals surface area contributed by atoms with Gasteiger partial charge in [0.05, 0.1) is 6.54 Å². The summed E-state index contributed by atoms with van der Waals surface area (Å²) in [5.74, 6) is 1.74. The maximum atomic E-state index is 12.7. The molecule has 7 heteroatoms. The Morgan fingerprint density at radius 2 is 2.12 bits per heavy atom. The average molecular weight is 447 g/mol. The summed E-state index contributed by atoms with van der Waals surface area (Å²) in [6.07, 6.45) is 5.17. The van der Waals surface area contributed by atoms with Gasteiger partial charge in [-0.2, -0.15) is 0 Å². The van der Waals surface area contributed by atoms with E-state index in [-0.39, 0.29) is 5.91 Å². The molecule has 1 aromatic carbocycles. The van der Waals surface area contributed by atoms with Crippen LogP contribution >= 0.6 is 22.6 Å². The molecule has 4 rings (SSSR count). The smallest absolute Gasteiger partial charge is 0.268 e. The number of aromatic nitrogens is 4. The molecular formula is C18H18IN5O. The van der Waals surface area contributed by atoms with Crippen molar-refractivity contribution in [2.24, 2.45) is 0 Å². The molecule has 0 atom stereocenters. The van der Waals surface area contributed by atoms with Crippen molar-refractivity contribution in [2.75, 3.05) is 0 Å². The van der Waals surface area contributed by atoms with E-state index < -0.39 is 0 Å². The highest BCUT2D eigenvalue weighted by molar-refractivity contribution is 14.1. The van der Waals surface area contributed by atoms with Crippen molar-refractivity contribution < 1.29 is 4.79 Å². The number of rotatable bonds is 4. The molecular weight excluding hydrogens is 429 g/mol. The number of carbonyl (C=O) groups is 1. The number of amides is 1. The van der Waals surface area contributed by atoms with E-state index in [1.165, 1.54) is 0 Å². The summed E-state index contributed by atoms with van der Waals surface area (Å²) in [4.78, 5) is 12.7. The number of hydrogen-bond donors (Lipinski definition) is 1. The molecule has 1 aliphatic rings. The quantitative estimate of drug-likeness (QED) is 0.626. The maximum Gasteiger partial charge on any atom is 0.268 e. The minimum atomic E-state index is -0.114. The zero-order valence-electron chi connectivity index (χ0n) is 13.7. The van der Waals surface area contributed by atoms with Crippen molar-refractivity contribution in [3.63, 3.8) is 0 Å². The third kappa shape index (κ3) is 3.33. The molecule has 0 saturated heterocycles. The maximum absolute atomic E-state index is 12.7. The minimum Gasteiger partial charge on any atom is -0.343 e. The number of nitrogens with one attached hydrogen (secondary N) is 1. The number of fused-ring (bicyclic) bond motifs is 1. The summed E-state index contributed by atoms with van der Waals surface area (Å²) in [5, 5.41) is 11.4. The van der Waals surface area contributed by atoms with Crippen molar-refractivity contribution in [2.45, 2.75) is 32.4 Å². The van der Waals surface area contributed by atoms with Gasteiger partial charge in [0.15, 0.2) is 5.82 Å². The van der Waals surface area contributed by atoms with Crippen molar-refractivity contribution in [3.05, 3.63) is 63.5 Å². The Bertz CT molecular complexity index is 914. The van der Waals surface area contributed by atoms with E-state index >= 15 is 0 Å². The number of hydrogen-bond acceptors (Lipinski definition) is 3. The zero-order valence-corrected chi connectivity index (χ0v) is 15.8. The van der Waals surface area contributed by atoms with E-state index in [1.807, 2.05) is 47.2 Å². The van der Waals surface area contributed by atoms with Crippen LogP contribution < -0.4 is 5.32 Å². The highest BCUT2D eigenvalue weighted by Gasteiger charge is 2.17. The molecule has 3 heterocycles. The van der Waals surface area contributed by atoms with E-state index in [2.05, 4.69) is 42.7 Å². The Morgan fingerprint density at radius 1 is 1.20 bits per heavy atom. The lowest BCUT2D eigenvalue weighted by Gasteiger charge is -2.15. The Kier molecular flexibility index (Phi) is 4.56. The van der Waals surface area contributed by atoms with Gasteiger partial charge in [-0.1, -0.05) is 6.07 Å². The van der Waals surface area contributed by atoms with Crippen LogP contribution in [-0.4, -0.2) is 25.2 Å². The van der Waals surface area contributed by atoms with Crippen LogP contribution in [0.5, 0.6) is 0 Å². The van der Waals surface area contributed by atoms with Crippen LogP contribution in [0, 0.1) is 3.57 Å². The molecule has 128 valence electrons. The summed E-state index contributed by atoms with van der Waals surface area (Å²) in [5.41, 5.74) is 1.59. The third-order valence-corrected chi connectivity index (χ3v) is 5.08. The summed E-state index contributed by atoms with van der Waals surface area (Å²) in [6.45, 7) is 1.33. The highest BCUT2D eigenvalue weighted by Crippen LogP contribution is 2.17. The second-order valence-corrected chi connectivity index (χ2v) is 7.31. The molecule has 0 bridgehead atoms. The first-order valence-electron chi connectivity index (χ1n) is 8.35. The van der Waals surface area contributed by atoms with Crippen LogP contribution in [0.25, 0.3) is 5.69 Å². The SMILES string of the molecule is O=C(NCc1nnc2n1CCCC2)c1cccn1-c1cccc(I)c1. The van der Waals surface area contributed by atoms with Gasteiger partial charge in [0.25, 0.3) is 5.91 Å². The summed E-state index contributed by atoms with van der Waals surface area (Å²) in [7, 11) is 0. The van der Waals surface area contributed by atoms with E-state index in [4.69, 9.17) is 0 Å².